The van der Waals surface area contributed by atoms with E-state index in [1.54, 1.807) is 36.4 Å². The van der Waals surface area contributed by atoms with Crippen molar-refractivity contribution in [2.24, 2.45) is 0 Å². The molecule has 0 aliphatic heterocycles. The molecule has 26 heavy (non-hydrogen) atoms. The highest BCUT2D eigenvalue weighted by Gasteiger charge is 2.29. The van der Waals surface area contributed by atoms with Crippen LogP contribution in [0.4, 0.5) is 5.69 Å². The fourth-order valence-corrected chi connectivity index (χ4v) is 5.52. The minimum atomic E-state index is -4.11. The number of benzene rings is 2. The number of ether oxygens (including phenoxy) is 2. The molecule has 1 heterocycles. The Hall–Kier alpha value is -2.29. The number of halogens is 1. The second kappa shape index (κ2) is 7.14. The summed E-state index contributed by atoms with van der Waals surface area (Å²) >= 11 is 7.02. The summed E-state index contributed by atoms with van der Waals surface area (Å²) < 4.78 is 39.2. The number of anilines is 1. The van der Waals surface area contributed by atoms with E-state index in [0.717, 1.165) is 11.3 Å². The van der Waals surface area contributed by atoms with E-state index in [-0.39, 0.29) is 15.5 Å². The predicted molar refractivity (Wildman–Crippen MR) is 102 cm³/mol. The van der Waals surface area contributed by atoms with E-state index < -0.39 is 16.0 Å². The summed E-state index contributed by atoms with van der Waals surface area (Å²) in [6, 6.07) is 11.4. The van der Waals surface area contributed by atoms with Gasteiger partial charge in [0.25, 0.3) is 10.0 Å². The molecule has 0 spiro atoms. The van der Waals surface area contributed by atoms with E-state index in [9.17, 15) is 13.2 Å². The number of carbonyl (C=O) groups is 1. The van der Waals surface area contributed by atoms with Crippen molar-refractivity contribution in [3.05, 3.63) is 52.4 Å². The molecule has 6 nitrogen and oxygen atoms in total. The number of fused-ring (bicyclic) bond motifs is 1. The molecular formula is C17H14ClNO5S2. The molecule has 0 saturated heterocycles. The monoisotopic (exact) mass is 411 g/mol. The number of thiophene rings is 1. The van der Waals surface area contributed by atoms with E-state index in [1.807, 2.05) is 0 Å². The lowest BCUT2D eigenvalue weighted by atomic mass is 10.2. The van der Waals surface area contributed by atoms with Crippen molar-refractivity contribution in [1.29, 1.82) is 0 Å². The molecule has 0 aliphatic rings. The zero-order valence-electron chi connectivity index (χ0n) is 13.8. The van der Waals surface area contributed by atoms with Gasteiger partial charge in [-0.3, -0.25) is 4.72 Å². The average Bonchev–Trinajstić information content (AvgIpc) is 3.01. The zero-order chi connectivity index (χ0) is 18.9. The number of carbonyl (C=O) groups excluding carboxylic acids is 1. The van der Waals surface area contributed by atoms with Gasteiger partial charge in [0.15, 0.2) is 0 Å². The normalized spacial score (nSPS) is 11.3. The van der Waals surface area contributed by atoms with Gasteiger partial charge in [0.05, 0.1) is 19.9 Å². The van der Waals surface area contributed by atoms with Crippen molar-refractivity contribution in [3.8, 4) is 5.75 Å². The third-order valence-corrected chi connectivity index (χ3v) is 6.56. The quantitative estimate of drug-likeness (QED) is 0.638. The van der Waals surface area contributed by atoms with E-state index in [2.05, 4.69) is 4.72 Å². The number of hydrogen-bond acceptors (Lipinski definition) is 6. The fraction of sp³-hybridized carbons (Fsp3) is 0.118. The lowest BCUT2D eigenvalue weighted by molar-refractivity contribution is 0.0602. The first kappa shape index (κ1) is 18.5. The molecule has 1 aromatic heterocycles. The Morgan fingerprint density at radius 2 is 1.88 bits per heavy atom. The Bertz CT molecular complexity index is 1090. The van der Waals surface area contributed by atoms with Crippen molar-refractivity contribution in [2.45, 2.75) is 4.90 Å². The van der Waals surface area contributed by atoms with Crippen LogP contribution in [0.25, 0.3) is 10.1 Å². The molecule has 136 valence electrons. The summed E-state index contributed by atoms with van der Waals surface area (Å²) in [6.07, 6.45) is 0. The van der Waals surface area contributed by atoms with Crippen LogP contribution in [0, 0.1) is 0 Å². The molecule has 3 aromatic rings. The van der Waals surface area contributed by atoms with Gasteiger partial charge < -0.3 is 9.47 Å². The topological polar surface area (TPSA) is 81.7 Å². The maximum Gasteiger partial charge on any atom is 0.349 e. The van der Waals surface area contributed by atoms with Gasteiger partial charge in [0, 0.05) is 15.1 Å². The van der Waals surface area contributed by atoms with Crippen LogP contribution >= 0.6 is 22.9 Å². The van der Waals surface area contributed by atoms with Crippen molar-refractivity contribution in [3.63, 3.8) is 0 Å². The SMILES string of the molecule is COC(=O)c1sc2ccccc2c1S(=O)(=O)Nc1cc(Cl)ccc1OC. The molecule has 0 saturated carbocycles. The van der Waals surface area contributed by atoms with Crippen LogP contribution in [-0.2, 0) is 14.8 Å². The maximum absolute atomic E-state index is 13.1. The second-order valence-electron chi connectivity index (χ2n) is 5.20. The van der Waals surface area contributed by atoms with Gasteiger partial charge in [-0.2, -0.15) is 0 Å². The van der Waals surface area contributed by atoms with Gasteiger partial charge in [-0.15, -0.1) is 11.3 Å². The number of sulfonamides is 1. The Balaban J connectivity index is 2.19. The summed E-state index contributed by atoms with van der Waals surface area (Å²) in [6.45, 7) is 0. The number of rotatable bonds is 5. The molecule has 1 N–H and O–H groups in total. The highest BCUT2D eigenvalue weighted by Crippen LogP contribution is 2.37. The standard InChI is InChI=1S/C17H14ClNO5S2/c1-23-13-8-7-10(18)9-12(13)19-26(21,22)16-11-5-3-4-6-14(11)25-15(16)17(20)24-2/h3-9,19H,1-2H3. The van der Waals surface area contributed by atoms with Crippen LogP contribution in [0.3, 0.4) is 0 Å². The Kier molecular flexibility index (Phi) is 5.08. The Morgan fingerprint density at radius 1 is 1.15 bits per heavy atom. The molecule has 2 aromatic carbocycles. The van der Waals surface area contributed by atoms with Crippen molar-refractivity contribution in [1.82, 2.24) is 0 Å². The Labute approximate surface area is 159 Å². The molecule has 3 rings (SSSR count). The first-order valence-electron chi connectivity index (χ1n) is 7.33. The summed E-state index contributed by atoms with van der Waals surface area (Å²) in [5, 5.41) is 0.776. The van der Waals surface area contributed by atoms with E-state index >= 15 is 0 Å². The summed E-state index contributed by atoms with van der Waals surface area (Å²) in [5.41, 5.74) is 0.172. The van der Waals surface area contributed by atoms with Crippen LogP contribution in [0.5, 0.6) is 5.75 Å². The minimum absolute atomic E-state index is 0.00203. The summed E-state index contributed by atoms with van der Waals surface area (Å²) in [7, 11) is -1.49. The van der Waals surface area contributed by atoms with Gasteiger partial charge in [-0.25, -0.2) is 13.2 Å². The van der Waals surface area contributed by atoms with E-state index in [1.165, 1.54) is 20.3 Å². The molecule has 0 unspecified atom stereocenters. The first-order chi connectivity index (χ1) is 12.4. The van der Waals surface area contributed by atoms with Crippen LogP contribution in [-0.4, -0.2) is 28.6 Å². The molecule has 9 heteroatoms. The van der Waals surface area contributed by atoms with Crippen LogP contribution < -0.4 is 9.46 Å². The number of hydrogen-bond donors (Lipinski definition) is 1. The first-order valence-corrected chi connectivity index (χ1v) is 10.0. The molecular weight excluding hydrogens is 398 g/mol. The number of methoxy groups -OCH3 is 2. The minimum Gasteiger partial charge on any atom is -0.495 e. The largest absolute Gasteiger partial charge is 0.495 e. The van der Waals surface area contributed by atoms with Gasteiger partial charge in [0.1, 0.15) is 15.5 Å². The smallest absolute Gasteiger partial charge is 0.349 e. The number of esters is 1. The second-order valence-corrected chi connectivity index (χ2v) is 8.31. The molecule has 0 bridgehead atoms. The van der Waals surface area contributed by atoms with Crippen molar-refractivity contribution < 1.29 is 22.7 Å². The van der Waals surface area contributed by atoms with Gasteiger partial charge in [-0.1, -0.05) is 29.8 Å². The van der Waals surface area contributed by atoms with Gasteiger partial charge in [0.2, 0.25) is 0 Å². The summed E-state index contributed by atoms with van der Waals surface area (Å²) in [4.78, 5) is 12.0. The van der Waals surface area contributed by atoms with Crippen molar-refractivity contribution in [2.75, 3.05) is 18.9 Å². The average molecular weight is 412 g/mol. The lowest BCUT2D eigenvalue weighted by Crippen LogP contribution is -2.16. The van der Waals surface area contributed by atoms with E-state index in [4.69, 9.17) is 21.1 Å². The molecule has 0 atom stereocenters. The van der Waals surface area contributed by atoms with Crippen molar-refractivity contribution >= 4 is 54.7 Å². The molecule has 0 fully saturated rings. The summed E-state index contributed by atoms with van der Waals surface area (Å²) in [5.74, 6) is -0.415. The lowest BCUT2D eigenvalue weighted by Gasteiger charge is -2.12. The van der Waals surface area contributed by atoms with Crippen LogP contribution in [0.2, 0.25) is 5.02 Å². The zero-order valence-corrected chi connectivity index (χ0v) is 16.2. The predicted octanol–water partition coefficient (Wildman–Crippen LogP) is 4.15. The molecule has 0 radical (unpaired) electrons. The molecule has 0 aliphatic carbocycles. The van der Waals surface area contributed by atoms with Crippen LogP contribution in [0.1, 0.15) is 9.67 Å². The number of nitrogens with one attached hydrogen (secondary N) is 1. The van der Waals surface area contributed by atoms with Gasteiger partial charge >= 0.3 is 5.97 Å². The maximum atomic E-state index is 13.1. The highest BCUT2D eigenvalue weighted by atomic mass is 35.5. The fourth-order valence-electron chi connectivity index (χ4n) is 2.47. The van der Waals surface area contributed by atoms with E-state index in [0.29, 0.717) is 20.9 Å². The third kappa shape index (κ3) is 3.35. The Morgan fingerprint density at radius 3 is 2.58 bits per heavy atom. The molecule has 0 amide bonds. The van der Waals surface area contributed by atoms with Crippen LogP contribution in [0.15, 0.2) is 47.4 Å². The highest BCUT2D eigenvalue weighted by molar-refractivity contribution is 7.93. The van der Waals surface area contributed by atoms with Gasteiger partial charge in [-0.05, 0) is 24.3 Å². The third-order valence-electron chi connectivity index (χ3n) is 3.60.